The van der Waals surface area contributed by atoms with Gasteiger partial charge in [-0.25, -0.2) is 13.1 Å². The van der Waals surface area contributed by atoms with Crippen molar-refractivity contribution in [2.45, 2.75) is 37.8 Å². The molecule has 1 saturated carbocycles. The number of rotatable bonds is 6. The van der Waals surface area contributed by atoms with E-state index in [-0.39, 0.29) is 16.4 Å². The molecule has 1 aliphatic carbocycles. The number of nitrogens with one attached hydrogen (secondary N) is 2. The molecule has 0 heterocycles. The Bertz CT molecular complexity index is 596. The first-order chi connectivity index (χ1) is 9.30. The molecule has 1 aliphatic rings. The second kappa shape index (κ2) is 5.35. The predicted octanol–water partition coefficient (Wildman–Crippen LogP) is 1.49. The van der Waals surface area contributed by atoms with Gasteiger partial charge < -0.3 is 10.1 Å². The van der Waals surface area contributed by atoms with E-state index in [0.717, 1.165) is 12.0 Å². The zero-order chi connectivity index (χ0) is 15.0. The minimum atomic E-state index is -3.47. The average molecular weight is 298 g/mol. The van der Waals surface area contributed by atoms with Gasteiger partial charge in [0.05, 0.1) is 12.0 Å². The highest BCUT2D eigenvalue weighted by Crippen LogP contribution is 2.45. The number of ether oxygens (including phenoxy) is 1. The maximum absolute atomic E-state index is 12.4. The highest BCUT2D eigenvalue weighted by molar-refractivity contribution is 7.89. The number of sulfonamides is 1. The van der Waals surface area contributed by atoms with Crippen LogP contribution in [0.25, 0.3) is 0 Å². The lowest BCUT2D eigenvalue weighted by Gasteiger charge is -2.12. The number of hydrogen-bond acceptors (Lipinski definition) is 4. The van der Waals surface area contributed by atoms with Crippen LogP contribution in [0.4, 0.5) is 0 Å². The predicted molar refractivity (Wildman–Crippen MR) is 78.3 cm³/mol. The van der Waals surface area contributed by atoms with Crippen molar-refractivity contribution in [2.24, 2.45) is 5.41 Å². The van der Waals surface area contributed by atoms with Crippen molar-refractivity contribution in [1.29, 1.82) is 0 Å². The van der Waals surface area contributed by atoms with Crippen molar-refractivity contribution in [1.82, 2.24) is 10.0 Å². The zero-order valence-corrected chi connectivity index (χ0v) is 13.2. The molecule has 20 heavy (non-hydrogen) atoms. The summed E-state index contributed by atoms with van der Waals surface area (Å²) in [5.74, 6) is 0.685. The Morgan fingerprint density at radius 3 is 2.55 bits per heavy atom. The van der Waals surface area contributed by atoms with Gasteiger partial charge in [-0.05, 0) is 37.1 Å². The van der Waals surface area contributed by atoms with Crippen LogP contribution in [-0.2, 0) is 16.6 Å². The van der Waals surface area contributed by atoms with Gasteiger partial charge in [0.1, 0.15) is 5.75 Å². The molecule has 1 atom stereocenters. The van der Waals surface area contributed by atoms with E-state index < -0.39 is 10.0 Å². The van der Waals surface area contributed by atoms with E-state index in [1.807, 2.05) is 7.05 Å². The fraction of sp³-hybridized carbons (Fsp3) is 0.571. The first-order valence-corrected chi connectivity index (χ1v) is 8.12. The minimum Gasteiger partial charge on any atom is -0.496 e. The van der Waals surface area contributed by atoms with Crippen LogP contribution in [0, 0.1) is 5.41 Å². The van der Waals surface area contributed by atoms with E-state index in [9.17, 15) is 8.42 Å². The van der Waals surface area contributed by atoms with Crippen LogP contribution < -0.4 is 14.8 Å². The summed E-state index contributed by atoms with van der Waals surface area (Å²) in [4.78, 5) is 0.284. The molecule has 0 bridgehead atoms. The van der Waals surface area contributed by atoms with Gasteiger partial charge in [0.2, 0.25) is 10.0 Å². The van der Waals surface area contributed by atoms with Gasteiger partial charge in [-0.15, -0.1) is 0 Å². The third-order valence-electron chi connectivity index (χ3n) is 3.74. The van der Waals surface area contributed by atoms with Crippen LogP contribution in [0.15, 0.2) is 23.1 Å². The molecule has 0 amide bonds. The summed E-state index contributed by atoms with van der Waals surface area (Å²) >= 11 is 0. The summed E-state index contributed by atoms with van der Waals surface area (Å²) in [6.45, 7) is 4.67. The standard InChI is InChI=1S/C14H22N2O3S/c1-14(2)8-13(14)16-20(17,18)11-5-6-12(19-4)10(7-11)9-15-3/h5-7,13,15-16H,8-9H2,1-4H3. The summed E-state index contributed by atoms with van der Waals surface area (Å²) in [6, 6.07) is 4.96. The molecule has 5 nitrogen and oxygen atoms in total. The van der Waals surface area contributed by atoms with E-state index in [4.69, 9.17) is 4.74 Å². The Morgan fingerprint density at radius 1 is 1.40 bits per heavy atom. The van der Waals surface area contributed by atoms with Crippen LogP contribution in [0.1, 0.15) is 25.8 Å². The summed E-state index contributed by atoms with van der Waals surface area (Å²) in [7, 11) is -0.0791. The van der Waals surface area contributed by atoms with Crippen molar-refractivity contribution in [3.63, 3.8) is 0 Å². The van der Waals surface area contributed by atoms with Gasteiger partial charge in [-0.3, -0.25) is 0 Å². The van der Waals surface area contributed by atoms with Gasteiger partial charge in [-0.1, -0.05) is 13.8 Å². The van der Waals surface area contributed by atoms with E-state index in [1.165, 1.54) is 0 Å². The van der Waals surface area contributed by atoms with E-state index in [0.29, 0.717) is 12.3 Å². The SMILES string of the molecule is CNCc1cc(S(=O)(=O)NC2CC2(C)C)ccc1OC. The van der Waals surface area contributed by atoms with Crippen molar-refractivity contribution < 1.29 is 13.2 Å². The lowest BCUT2D eigenvalue weighted by atomic mass is 10.2. The molecule has 1 fully saturated rings. The van der Waals surface area contributed by atoms with Gasteiger partial charge in [-0.2, -0.15) is 0 Å². The second-order valence-electron chi connectivity index (χ2n) is 5.87. The molecule has 1 unspecified atom stereocenters. The van der Waals surface area contributed by atoms with Gasteiger partial charge in [0.25, 0.3) is 0 Å². The van der Waals surface area contributed by atoms with E-state index in [1.54, 1.807) is 25.3 Å². The number of benzene rings is 1. The Labute approximate surface area is 120 Å². The number of hydrogen-bond donors (Lipinski definition) is 2. The molecular formula is C14H22N2O3S. The van der Waals surface area contributed by atoms with Crippen LogP contribution in [-0.4, -0.2) is 28.6 Å². The Kier molecular flexibility index (Phi) is 4.09. The van der Waals surface area contributed by atoms with E-state index in [2.05, 4.69) is 23.9 Å². The monoisotopic (exact) mass is 298 g/mol. The summed E-state index contributed by atoms with van der Waals surface area (Å²) in [5.41, 5.74) is 0.890. The summed E-state index contributed by atoms with van der Waals surface area (Å²) in [6.07, 6.45) is 0.881. The molecule has 6 heteroatoms. The Morgan fingerprint density at radius 2 is 2.05 bits per heavy atom. The lowest BCUT2D eigenvalue weighted by molar-refractivity contribution is 0.408. The minimum absolute atomic E-state index is 0.0300. The van der Waals surface area contributed by atoms with E-state index >= 15 is 0 Å². The number of methoxy groups -OCH3 is 1. The Balaban J connectivity index is 2.25. The van der Waals surface area contributed by atoms with Gasteiger partial charge in [0, 0.05) is 18.2 Å². The Hall–Kier alpha value is -1.11. The summed E-state index contributed by atoms with van der Waals surface area (Å²) in [5, 5.41) is 3.01. The molecule has 0 aliphatic heterocycles. The molecule has 1 aromatic rings. The average Bonchev–Trinajstić information content (AvgIpc) is 2.95. The maximum Gasteiger partial charge on any atom is 0.240 e. The third kappa shape index (κ3) is 3.13. The topological polar surface area (TPSA) is 67.4 Å². The molecule has 0 radical (unpaired) electrons. The zero-order valence-electron chi connectivity index (χ0n) is 12.4. The molecule has 112 valence electrons. The quantitative estimate of drug-likeness (QED) is 0.835. The van der Waals surface area contributed by atoms with Gasteiger partial charge >= 0.3 is 0 Å². The van der Waals surface area contributed by atoms with Gasteiger partial charge in [0.15, 0.2) is 0 Å². The second-order valence-corrected chi connectivity index (χ2v) is 7.58. The van der Waals surface area contributed by atoms with Crippen LogP contribution in [0.2, 0.25) is 0 Å². The first-order valence-electron chi connectivity index (χ1n) is 6.64. The molecule has 0 spiro atoms. The highest BCUT2D eigenvalue weighted by atomic mass is 32.2. The molecule has 0 aromatic heterocycles. The largest absolute Gasteiger partial charge is 0.496 e. The van der Waals surface area contributed by atoms with Crippen molar-refractivity contribution >= 4 is 10.0 Å². The molecule has 0 saturated heterocycles. The van der Waals surface area contributed by atoms with Crippen LogP contribution in [0.5, 0.6) is 5.75 Å². The van der Waals surface area contributed by atoms with Crippen molar-refractivity contribution in [2.75, 3.05) is 14.2 Å². The first kappa shape index (κ1) is 15.3. The maximum atomic E-state index is 12.4. The lowest BCUT2D eigenvalue weighted by Crippen LogP contribution is -2.28. The molecule has 2 N–H and O–H groups in total. The van der Waals surface area contributed by atoms with Crippen LogP contribution >= 0.6 is 0 Å². The molecule has 1 aromatic carbocycles. The fourth-order valence-corrected chi connectivity index (χ4v) is 3.63. The normalized spacial score (nSPS) is 20.7. The smallest absolute Gasteiger partial charge is 0.240 e. The van der Waals surface area contributed by atoms with Crippen LogP contribution in [0.3, 0.4) is 0 Å². The molecule has 2 rings (SSSR count). The highest BCUT2D eigenvalue weighted by Gasteiger charge is 2.47. The summed E-state index contributed by atoms with van der Waals surface area (Å²) < 4.78 is 32.7. The third-order valence-corrected chi connectivity index (χ3v) is 5.21. The fourth-order valence-electron chi connectivity index (χ4n) is 2.17. The van der Waals surface area contributed by atoms with Crippen molar-refractivity contribution in [3.05, 3.63) is 23.8 Å². The molecular weight excluding hydrogens is 276 g/mol. The van der Waals surface area contributed by atoms with Crippen molar-refractivity contribution in [3.8, 4) is 5.75 Å².